The molecule has 0 bridgehead atoms. The molecule has 0 spiro atoms. The predicted molar refractivity (Wildman–Crippen MR) is 81.5 cm³/mol. The lowest BCUT2D eigenvalue weighted by Gasteiger charge is -2.36. The topological polar surface area (TPSA) is 24.3 Å². The molecule has 0 N–H and O–H groups in total. The third kappa shape index (κ3) is 3.61. The Hall–Kier alpha value is -0.870. The summed E-state index contributed by atoms with van der Waals surface area (Å²) in [4.78, 5) is 9.70. The number of hydrogen-bond acceptors (Lipinski definition) is 3. The lowest BCUT2D eigenvalue weighted by molar-refractivity contribution is 0.126. The fourth-order valence-electron chi connectivity index (χ4n) is 3.58. The van der Waals surface area contributed by atoms with Gasteiger partial charge in [0.15, 0.2) is 0 Å². The second-order valence-corrected chi connectivity index (χ2v) is 6.54. The van der Waals surface area contributed by atoms with Gasteiger partial charge in [0.1, 0.15) is 5.82 Å². The van der Waals surface area contributed by atoms with E-state index in [1.807, 2.05) is 12.4 Å². The lowest BCUT2D eigenvalue weighted by Crippen LogP contribution is -2.40. The van der Waals surface area contributed by atoms with Gasteiger partial charge in [-0.1, -0.05) is 6.42 Å². The van der Waals surface area contributed by atoms with Crippen LogP contribution in [0.5, 0.6) is 0 Å². The van der Waals surface area contributed by atoms with Crippen molar-refractivity contribution in [3.63, 3.8) is 0 Å². The summed E-state index contributed by atoms with van der Waals surface area (Å²) in [7, 11) is 2.09. The zero-order valence-electron chi connectivity index (χ0n) is 12.8. The molecule has 20 heavy (non-hydrogen) atoms. The monoisotopic (exact) mass is 276 g/mol. The van der Waals surface area contributed by atoms with Crippen LogP contribution in [0.4, 0.5) is 0 Å². The number of rotatable bonds is 4. The molecule has 2 aliphatic rings. The van der Waals surface area contributed by atoms with Gasteiger partial charge in [-0.25, -0.2) is 4.98 Å². The van der Waals surface area contributed by atoms with E-state index in [0.717, 1.165) is 12.5 Å². The van der Waals surface area contributed by atoms with Gasteiger partial charge in [0, 0.05) is 26.0 Å². The molecule has 0 saturated carbocycles. The smallest absolute Gasteiger partial charge is 0.122 e. The molecular formula is C16H28N4. The van der Waals surface area contributed by atoms with E-state index < -0.39 is 0 Å². The molecule has 1 aromatic heterocycles. The first-order valence-electron chi connectivity index (χ1n) is 8.22. The third-order valence-electron chi connectivity index (χ3n) is 4.96. The fraction of sp³-hybridized carbons (Fsp3) is 0.812. The van der Waals surface area contributed by atoms with Crippen molar-refractivity contribution in [2.45, 2.75) is 38.6 Å². The molecule has 0 amide bonds. The van der Waals surface area contributed by atoms with Crippen molar-refractivity contribution in [2.75, 3.05) is 32.7 Å². The number of likely N-dealkylation sites (tertiary alicyclic amines) is 2. The highest BCUT2D eigenvalue weighted by atomic mass is 15.2. The van der Waals surface area contributed by atoms with Gasteiger partial charge in [-0.2, -0.15) is 0 Å². The first-order valence-corrected chi connectivity index (χ1v) is 8.22. The zero-order valence-corrected chi connectivity index (χ0v) is 12.8. The molecular weight excluding hydrogens is 248 g/mol. The van der Waals surface area contributed by atoms with Crippen molar-refractivity contribution in [3.05, 3.63) is 18.2 Å². The summed E-state index contributed by atoms with van der Waals surface area (Å²) in [5.74, 6) is 2.12. The van der Waals surface area contributed by atoms with Gasteiger partial charge in [0.25, 0.3) is 0 Å². The van der Waals surface area contributed by atoms with E-state index >= 15 is 0 Å². The Morgan fingerprint density at radius 2 is 1.80 bits per heavy atom. The second-order valence-electron chi connectivity index (χ2n) is 6.54. The molecule has 2 fully saturated rings. The van der Waals surface area contributed by atoms with E-state index in [2.05, 4.69) is 26.4 Å². The summed E-state index contributed by atoms with van der Waals surface area (Å²) in [5.41, 5.74) is 0. The summed E-state index contributed by atoms with van der Waals surface area (Å²) < 4.78 is 2.14. The third-order valence-corrected chi connectivity index (χ3v) is 4.96. The lowest BCUT2D eigenvalue weighted by atomic mass is 9.95. The minimum atomic E-state index is 0.922. The number of piperidine rings is 2. The molecule has 2 aliphatic heterocycles. The Morgan fingerprint density at radius 1 is 1.05 bits per heavy atom. The molecule has 1 aromatic rings. The van der Waals surface area contributed by atoms with Crippen LogP contribution in [0.25, 0.3) is 0 Å². The SMILES string of the molecule is Cn1ccnc1CN1CCC(CN2CCCCC2)CC1. The standard InChI is InChI=1S/C16H28N4/c1-18-12-7-17-16(18)14-20-10-5-15(6-11-20)13-19-8-3-2-4-9-19/h7,12,15H,2-6,8-11,13-14H2,1H3. The number of imidazole rings is 1. The van der Waals surface area contributed by atoms with Crippen LogP contribution in [-0.2, 0) is 13.6 Å². The Kier molecular flexibility index (Phi) is 4.73. The fourth-order valence-corrected chi connectivity index (χ4v) is 3.58. The second kappa shape index (κ2) is 6.72. The normalized spacial score (nSPS) is 23.2. The van der Waals surface area contributed by atoms with Crippen LogP contribution in [0.3, 0.4) is 0 Å². The first-order chi connectivity index (χ1) is 9.81. The summed E-state index contributed by atoms with van der Waals surface area (Å²) in [6.07, 6.45) is 10.9. The van der Waals surface area contributed by atoms with Gasteiger partial charge in [-0.3, -0.25) is 4.90 Å². The Labute approximate surface area is 122 Å². The van der Waals surface area contributed by atoms with Crippen molar-refractivity contribution in [1.82, 2.24) is 19.4 Å². The minimum Gasteiger partial charge on any atom is -0.337 e. The molecule has 0 atom stereocenters. The van der Waals surface area contributed by atoms with Crippen LogP contribution in [0.1, 0.15) is 37.9 Å². The van der Waals surface area contributed by atoms with Crippen molar-refractivity contribution in [3.8, 4) is 0 Å². The predicted octanol–water partition coefficient (Wildman–Crippen LogP) is 2.12. The van der Waals surface area contributed by atoms with E-state index in [4.69, 9.17) is 0 Å². The molecule has 0 unspecified atom stereocenters. The molecule has 2 saturated heterocycles. The van der Waals surface area contributed by atoms with Gasteiger partial charge in [0.05, 0.1) is 6.54 Å². The maximum Gasteiger partial charge on any atom is 0.122 e. The number of aryl methyl sites for hydroxylation is 1. The quantitative estimate of drug-likeness (QED) is 0.842. The summed E-state index contributed by atoms with van der Waals surface area (Å²) in [6, 6.07) is 0. The van der Waals surface area contributed by atoms with Gasteiger partial charge in [0.2, 0.25) is 0 Å². The van der Waals surface area contributed by atoms with Crippen LogP contribution < -0.4 is 0 Å². The molecule has 3 heterocycles. The van der Waals surface area contributed by atoms with Crippen molar-refractivity contribution < 1.29 is 0 Å². The number of hydrogen-bond donors (Lipinski definition) is 0. The van der Waals surface area contributed by atoms with E-state index in [0.29, 0.717) is 0 Å². The largest absolute Gasteiger partial charge is 0.337 e. The molecule has 0 radical (unpaired) electrons. The average Bonchev–Trinajstić information content (AvgIpc) is 2.88. The Morgan fingerprint density at radius 3 is 2.45 bits per heavy atom. The summed E-state index contributed by atoms with van der Waals surface area (Å²) >= 11 is 0. The maximum absolute atomic E-state index is 4.44. The van der Waals surface area contributed by atoms with E-state index in [1.54, 1.807) is 0 Å². The van der Waals surface area contributed by atoms with E-state index in [-0.39, 0.29) is 0 Å². The van der Waals surface area contributed by atoms with Gasteiger partial charge in [-0.15, -0.1) is 0 Å². The Bertz CT molecular complexity index is 400. The van der Waals surface area contributed by atoms with Gasteiger partial charge in [-0.05, 0) is 57.8 Å². The van der Waals surface area contributed by atoms with Crippen LogP contribution in [-0.4, -0.2) is 52.1 Å². The van der Waals surface area contributed by atoms with Gasteiger partial charge >= 0.3 is 0 Å². The molecule has 0 aromatic carbocycles. The van der Waals surface area contributed by atoms with Crippen molar-refractivity contribution in [2.24, 2.45) is 13.0 Å². The summed E-state index contributed by atoms with van der Waals surface area (Å²) in [5, 5.41) is 0. The Balaban J connectivity index is 1.41. The highest BCUT2D eigenvalue weighted by Gasteiger charge is 2.22. The number of aromatic nitrogens is 2. The van der Waals surface area contributed by atoms with E-state index in [1.165, 1.54) is 70.7 Å². The zero-order chi connectivity index (χ0) is 13.8. The number of nitrogens with zero attached hydrogens (tertiary/aromatic N) is 4. The van der Waals surface area contributed by atoms with Crippen LogP contribution in [0.2, 0.25) is 0 Å². The van der Waals surface area contributed by atoms with Crippen LogP contribution in [0.15, 0.2) is 12.4 Å². The maximum atomic E-state index is 4.44. The van der Waals surface area contributed by atoms with Gasteiger partial charge < -0.3 is 9.47 Å². The molecule has 112 valence electrons. The van der Waals surface area contributed by atoms with E-state index in [9.17, 15) is 0 Å². The van der Waals surface area contributed by atoms with Crippen LogP contribution >= 0.6 is 0 Å². The molecule has 0 aliphatic carbocycles. The van der Waals surface area contributed by atoms with Crippen LogP contribution in [0, 0.1) is 5.92 Å². The van der Waals surface area contributed by atoms with Crippen molar-refractivity contribution in [1.29, 1.82) is 0 Å². The summed E-state index contributed by atoms with van der Waals surface area (Å²) in [6.45, 7) is 7.52. The highest BCUT2D eigenvalue weighted by molar-refractivity contribution is 4.91. The molecule has 4 heteroatoms. The minimum absolute atomic E-state index is 0.922. The molecule has 4 nitrogen and oxygen atoms in total. The average molecular weight is 276 g/mol. The van der Waals surface area contributed by atoms with Crippen molar-refractivity contribution >= 4 is 0 Å². The first kappa shape index (κ1) is 14.1. The molecule has 3 rings (SSSR count). The highest BCUT2D eigenvalue weighted by Crippen LogP contribution is 2.21.